The molecule has 0 fully saturated rings. The highest BCUT2D eigenvalue weighted by Gasteiger charge is 2.21. The Hall–Kier alpha value is -2.62. The quantitative estimate of drug-likeness (QED) is 0.819. The smallest absolute Gasteiger partial charge is 0.251 e. The van der Waals surface area contributed by atoms with Crippen molar-refractivity contribution in [2.24, 2.45) is 5.73 Å². The number of nitrogens with one attached hydrogen (secondary N) is 1. The summed E-state index contributed by atoms with van der Waals surface area (Å²) in [5, 5.41) is 2.77. The minimum atomic E-state index is -0.754. The van der Waals surface area contributed by atoms with Crippen LogP contribution in [0, 0.1) is 0 Å². The first-order valence-electron chi connectivity index (χ1n) is 9.68. The first kappa shape index (κ1) is 21.7. The number of amides is 2. The van der Waals surface area contributed by atoms with Crippen LogP contribution in [0.3, 0.4) is 0 Å². The Bertz CT molecular complexity index is 823. The van der Waals surface area contributed by atoms with Gasteiger partial charge >= 0.3 is 0 Å². The fourth-order valence-electron chi connectivity index (χ4n) is 2.96. The van der Waals surface area contributed by atoms with E-state index in [0.717, 1.165) is 11.1 Å². The van der Waals surface area contributed by atoms with Gasteiger partial charge in [-0.15, -0.1) is 0 Å². The summed E-state index contributed by atoms with van der Waals surface area (Å²) in [6.07, 6.45) is 0.367. The Labute approximate surface area is 168 Å². The fraction of sp³-hybridized carbons (Fsp3) is 0.417. The lowest BCUT2D eigenvalue weighted by molar-refractivity contribution is -0.119. The normalized spacial score (nSPS) is 13.1. The summed E-state index contributed by atoms with van der Waals surface area (Å²) < 4.78 is 0. The molecular weight excluding hydrogens is 348 g/mol. The van der Waals surface area contributed by atoms with E-state index in [1.54, 1.807) is 12.1 Å². The molecule has 2 rings (SSSR count). The van der Waals surface area contributed by atoms with Crippen LogP contribution in [0.4, 0.5) is 0 Å². The lowest BCUT2D eigenvalue weighted by Crippen LogP contribution is -2.45. The summed E-state index contributed by atoms with van der Waals surface area (Å²) in [5.41, 5.74) is 9.46. The number of hydrogen-bond acceptors (Lipinski definition) is 2. The zero-order valence-electron chi connectivity index (χ0n) is 17.8. The molecule has 1 atom stereocenters. The Morgan fingerprint density at radius 1 is 0.821 bits per heavy atom. The maximum absolute atomic E-state index is 12.6. The number of nitrogens with two attached hydrogens (primary N) is 1. The first-order chi connectivity index (χ1) is 12.9. The van der Waals surface area contributed by atoms with Gasteiger partial charge in [0.25, 0.3) is 5.91 Å². The lowest BCUT2D eigenvalue weighted by Gasteiger charge is -2.21. The van der Waals surface area contributed by atoms with Crippen molar-refractivity contribution >= 4 is 11.8 Å². The zero-order chi connectivity index (χ0) is 21.1. The van der Waals surface area contributed by atoms with Gasteiger partial charge in [-0.05, 0) is 39.7 Å². The van der Waals surface area contributed by atoms with Gasteiger partial charge in [-0.3, -0.25) is 9.59 Å². The Balaban J connectivity index is 2.10. The summed E-state index contributed by atoms with van der Waals surface area (Å²) in [5.74, 6) is -0.838. The number of carbonyl (C=O) groups is 2. The molecule has 4 nitrogen and oxygen atoms in total. The van der Waals surface area contributed by atoms with E-state index in [0.29, 0.717) is 12.0 Å². The van der Waals surface area contributed by atoms with E-state index in [9.17, 15) is 9.59 Å². The summed E-state index contributed by atoms with van der Waals surface area (Å²) in [4.78, 5) is 24.5. The molecule has 0 spiro atoms. The van der Waals surface area contributed by atoms with Crippen molar-refractivity contribution in [2.75, 3.05) is 0 Å². The van der Waals surface area contributed by atoms with Crippen LogP contribution in [0.15, 0.2) is 48.5 Å². The molecule has 0 aliphatic carbocycles. The molecule has 0 heterocycles. The van der Waals surface area contributed by atoms with Gasteiger partial charge in [-0.25, -0.2) is 0 Å². The second-order valence-electron chi connectivity index (χ2n) is 9.41. The van der Waals surface area contributed by atoms with E-state index >= 15 is 0 Å². The summed E-state index contributed by atoms with van der Waals surface area (Å²) >= 11 is 0. The van der Waals surface area contributed by atoms with Crippen LogP contribution in [-0.4, -0.2) is 17.9 Å². The zero-order valence-corrected chi connectivity index (χ0v) is 17.8. The number of primary amides is 1. The third kappa shape index (κ3) is 5.69. The highest BCUT2D eigenvalue weighted by atomic mass is 16.2. The monoisotopic (exact) mass is 380 g/mol. The molecule has 0 radical (unpaired) electrons. The van der Waals surface area contributed by atoms with Gasteiger partial charge < -0.3 is 11.1 Å². The van der Waals surface area contributed by atoms with Crippen LogP contribution in [-0.2, 0) is 22.0 Å². The molecule has 2 aromatic carbocycles. The summed E-state index contributed by atoms with van der Waals surface area (Å²) in [6.45, 7) is 12.8. The summed E-state index contributed by atoms with van der Waals surface area (Å²) in [6, 6.07) is 14.8. The second-order valence-corrected chi connectivity index (χ2v) is 9.41. The topological polar surface area (TPSA) is 72.2 Å². The van der Waals surface area contributed by atoms with Crippen molar-refractivity contribution in [1.29, 1.82) is 0 Å². The molecule has 2 aromatic rings. The van der Waals surface area contributed by atoms with E-state index in [4.69, 9.17) is 5.73 Å². The van der Waals surface area contributed by atoms with Crippen molar-refractivity contribution in [3.8, 4) is 0 Å². The largest absolute Gasteiger partial charge is 0.368 e. The molecule has 0 aliphatic rings. The first-order valence-corrected chi connectivity index (χ1v) is 9.68. The average molecular weight is 381 g/mol. The van der Waals surface area contributed by atoms with Crippen LogP contribution in [0.5, 0.6) is 0 Å². The average Bonchev–Trinajstić information content (AvgIpc) is 2.60. The summed E-state index contributed by atoms with van der Waals surface area (Å²) in [7, 11) is 0. The predicted molar refractivity (Wildman–Crippen MR) is 114 cm³/mol. The van der Waals surface area contributed by atoms with Crippen molar-refractivity contribution in [3.05, 3.63) is 70.8 Å². The third-order valence-corrected chi connectivity index (χ3v) is 4.92. The van der Waals surface area contributed by atoms with E-state index in [2.05, 4.69) is 59.0 Å². The fourth-order valence-corrected chi connectivity index (χ4v) is 2.96. The molecule has 0 bridgehead atoms. The van der Waals surface area contributed by atoms with Crippen molar-refractivity contribution in [2.45, 2.75) is 64.8 Å². The maximum atomic E-state index is 12.6. The van der Waals surface area contributed by atoms with Crippen molar-refractivity contribution in [1.82, 2.24) is 5.32 Å². The van der Waals surface area contributed by atoms with Crippen LogP contribution < -0.4 is 11.1 Å². The molecule has 150 valence electrons. The van der Waals surface area contributed by atoms with Gasteiger partial charge in [0.05, 0.1) is 0 Å². The predicted octanol–water partition coefficient (Wildman–Crippen LogP) is 4.11. The molecule has 0 saturated carbocycles. The van der Waals surface area contributed by atoms with Gasteiger partial charge in [-0.2, -0.15) is 0 Å². The van der Waals surface area contributed by atoms with Crippen LogP contribution in [0.25, 0.3) is 0 Å². The maximum Gasteiger partial charge on any atom is 0.251 e. The molecular formula is C24H32N2O2. The third-order valence-electron chi connectivity index (χ3n) is 4.92. The molecule has 0 saturated heterocycles. The molecule has 28 heavy (non-hydrogen) atoms. The standard InChI is InChI=1S/C24H32N2O2/c1-23(2,3)18-11-7-16(8-12-18)15-20(21(25)27)26-22(28)17-9-13-19(14-10-17)24(4,5)6/h7-14,20H,15H2,1-6H3,(H2,25,27)(H,26,28)/t20-/m0/s1. The van der Waals surface area contributed by atoms with Gasteiger partial charge in [-0.1, -0.05) is 77.9 Å². The van der Waals surface area contributed by atoms with Crippen LogP contribution >= 0.6 is 0 Å². The number of benzene rings is 2. The molecule has 0 aliphatic heterocycles. The SMILES string of the molecule is CC(C)(C)c1ccc(C[C@H](NC(=O)c2ccc(C(C)(C)C)cc2)C(N)=O)cc1. The minimum absolute atomic E-state index is 0.0178. The number of carbonyl (C=O) groups excluding carboxylic acids is 2. The van der Waals surface area contributed by atoms with E-state index < -0.39 is 11.9 Å². The van der Waals surface area contributed by atoms with Crippen LogP contribution in [0.1, 0.15) is 68.6 Å². The highest BCUT2D eigenvalue weighted by Crippen LogP contribution is 2.23. The number of hydrogen-bond donors (Lipinski definition) is 2. The van der Waals surface area contributed by atoms with Gasteiger partial charge in [0.1, 0.15) is 6.04 Å². The molecule has 0 aromatic heterocycles. The van der Waals surface area contributed by atoms with E-state index in [1.807, 2.05) is 24.3 Å². The van der Waals surface area contributed by atoms with Crippen molar-refractivity contribution < 1.29 is 9.59 Å². The Morgan fingerprint density at radius 2 is 1.25 bits per heavy atom. The van der Waals surface area contributed by atoms with Gasteiger partial charge in [0.2, 0.25) is 5.91 Å². The van der Waals surface area contributed by atoms with Gasteiger partial charge in [0, 0.05) is 12.0 Å². The second kappa shape index (κ2) is 8.17. The molecule has 2 amide bonds. The van der Waals surface area contributed by atoms with Gasteiger partial charge in [0.15, 0.2) is 0 Å². The minimum Gasteiger partial charge on any atom is -0.368 e. The Morgan fingerprint density at radius 3 is 1.64 bits per heavy atom. The molecule has 0 unspecified atom stereocenters. The van der Waals surface area contributed by atoms with E-state index in [1.165, 1.54) is 5.56 Å². The lowest BCUT2D eigenvalue weighted by atomic mass is 9.86. The molecule has 4 heteroatoms. The number of rotatable bonds is 5. The molecule has 3 N–H and O–H groups in total. The highest BCUT2D eigenvalue weighted by molar-refractivity contribution is 5.97. The van der Waals surface area contributed by atoms with Crippen molar-refractivity contribution in [3.63, 3.8) is 0 Å². The Kier molecular flexibility index (Phi) is 6.33. The van der Waals surface area contributed by atoms with Crippen LogP contribution in [0.2, 0.25) is 0 Å². The van der Waals surface area contributed by atoms with E-state index in [-0.39, 0.29) is 16.7 Å².